The van der Waals surface area contributed by atoms with Gasteiger partial charge in [-0.2, -0.15) is 0 Å². The van der Waals surface area contributed by atoms with E-state index in [-0.39, 0.29) is 17.7 Å². The third kappa shape index (κ3) is 2.87. The first-order chi connectivity index (χ1) is 10.6. The zero-order valence-corrected chi connectivity index (χ0v) is 13.4. The van der Waals surface area contributed by atoms with Crippen LogP contribution in [0.3, 0.4) is 0 Å². The van der Waals surface area contributed by atoms with Gasteiger partial charge in [0, 0.05) is 31.7 Å². The summed E-state index contributed by atoms with van der Waals surface area (Å²) in [5.41, 5.74) is 2.02. The molecule has 2 fully saturated rings. The van der Waals surface area contributed by atoms with Crippen molar-refractivity contribution in [2.24, 2.45) is 11.8 Å². The summed E-state index contributed by atoms with van der Waals surface area (Å²) in [6.07, 6.45) is 2.62. The molecule has 3 rings (SSSR count). The van der Waals surface area contributed by atoms with Crippen molar-refractivity contribution in [3.63, 3.8) is 0 Å². The monoisotopic (exact) mass is 300 g/mol. The van der Waals surface area contributed by atoms with Crippen molar-refractivity contribution < 1.29 is 9.59 Å². The molecule has 0 N–H and O–H groups in total. The summed E-state index contributed by atoms with van der Waals surface area (Å²) in [5.74, 6) is 0.619. The van der Waals surface area contributed by atoms with E-state index in [1.807, 2.05) is 36.1 Å². The standard InChI is InChI=1S/C18H24N2O2/c1-13-6-5-9-19(11-13)18(22)15-10-17(21)20(12-15)16-8-4-3-7-14(16)2/h3-4,7-8,13,15H,5-6,9-12H2,1-2H3/t13-,15-/m0/s1. The zero-order valence-electron chi connectivity index (χ0n) is 13.4. The van der Waals surface area contributed by atoms with E-state index in [1.165, 1.54) is 6.42 Å². The minimum atomic E-state index is -0.183. The SMILES string of the molecule is Cc1ccccc1N1C[C@@H](C(=O)N2CCC[C@H](C)C2)CC1=O. The van der Waals surface area contributed by atoms with Crippen LogP contribution in [0, 0.1) is 18.8 Å². The number of nitrogens with zero attached hydrogens (tertiary/aromatic N) is 2. The predicted molar refractivity (Wildman–Crippen MR) is 86.6 cm³/mol. The zero-order chi connectivity index (χ0) is 15.7. The molecular formula is C18H24N2O2. The molecule has 2 aliphatic rings. The van der Waals surface area contributed by atoms with E-state index in [2.05, 4.69) is 6.92 Å². The molecular weight excluding hydrogens is 276 g/mol. The van der Waals surface area contributed by atoms with Crippen molar-refractivity contribution in [3.05, 3.63) is 29.8 Å². The lowest BCUT2D eigenvalue weighted by molar-refractivity contribution is -0.137. The third-order valence-corrected chi connectivity index (χ3v) is 4.85. The van der Waals surface area contributed by atoms with E-state index in [0.717, 1.165) is 30.8 Å². The average Bonchev–Trinajstić information content (AvgIpc) is 2.89. The number of hydrogen-bond acceptors (Lipinski definition) is 2. The minimum absolute atomic E-state index is 0.0673. The van der Waals surface area contributed by atoms with Crippen molar-refractivity contribution in [1.29, 1.82) is 0 Å². The summed E-state index contributed by atoms with van der Waals surface area (Å²) >= 11 is 0. The van der Waals surface area contributed by atoms with Gasteiger partial charge in [0.2, 0.25) is 11.8 Å². The van der Waals surface area contributed by atoms with Crippen molar-refractivity contribution >= 4 is 17.5 Å². The van der Waals surface area contributed by atoms with Gasteiger partial charge in [0.05, 0.1) is 5.92 Å². The number of anilines is 1. The Morgan fingerprint density at radius 3 is 2.73 bits per heavy atom. The van der Waals surface area contributed by atoms with Gasteiger partial charge in [0.15, 0.2) is 0 Å². The van der Waals surface area contributed by atoms with Crippen molar-refractivity contribution in [1.82, 2.24) is 4.90 Å². The lowest BCUT2D eigenvalue weighted by Crippen LogP contribution is -2.43. The molecule has 1 aromatic carbocycles. The van der Waals surface area contributed by atoms with E-state index in [4.69, 9.17) is 0 Å². The van der Waals surface area contributed by atoms with E-state index in [9.17, 15) is 9.59 Å². The van der Waals surface area contributed by atoms with Crippen LogP contribution in [0.25, 0.3) is 0 Å². The van der Waals surface area contributed by atoms with E-state index < -0.39 is 0 Å². The summed E-state index contributed by atoms with van der Waals surface area (Å²) < 4.78 is 0. The molecule has 2 heterocycles. The highest BCUT2D eigenvalue weighted by molar-refractivity contribution is 6.00. The van der Waals surface area contributed by atoms with Crippen LogP contribution in [0.5, 0.6) is 0 Å². The molecule has 2 saturated heterocycles. The maximum absolute atomic E-state index is 12.7. The highest BCUT2D eigenvalue weighted by Crippen LogP contribution is 2.29. The molecule has 1 aromatic rings. The summed E-state index contributed by atoms with van der Waals surface area (Å²) in [7, 11) is 0. The predicted octanol–water partition coefficient (Wildman–Crippen LogP) is 2.61. The Balaban J connectivity index is 1.72. The van der Waals surface area contributed by atoms with Crippen molar-refractivity contribution in [2.75, 3.05) is 24.5 Å². The number of piperidine rings is 1. The first kappa shape index (κ1) is 15.1. The molecule has 0 saturated carbocycles. The summed E-state index contributed by atoms with van der Waals surface area (Å²) in [6, 6.07) is 7.88. The van der Waals surface area contributed by atoms with Gasteiger partial charge in [-0.15, -0.1) is 0 Å². The highest BCUT2D eigenvalue weighted by atomic mass is 16.2. The summed E-state index contributed by atoms with van der Waals surface area (Å²) in [5, 5.41) is 0. The molecule has 0 bridgehead atoms. The second kappa shape index (κ2) is 6.11. The van der Waals surface area contributed by atoms with Crippen molar-refractivity contribution in [3.8, 4) is 0 Å². The van der Waals surface area contributed by atoms with Crippen molar-refractivity contribution in [2.45, 2.75) is 33.1 Å². The number of aryl methyl sites for hydroxylation is 1. The molecule has 0 unspecified atom stereocenters. The van der Waals surface area contributed by atoms with Gasteiger partial charge in [-0.1, -0.05) is 25.1 Å². The van der Waals surface area contributed by atoms with Crippen LogP contribution >= 0.6 is 0 Å². The Morgan fingerprint density at radius 2 is 2.00 bits per heavy atom. The van der Waals surface area contributed by atoms with Crippen LogP contribution in [0.1, 0.15) is 31.7 Å². The number of amides is 2. The largest absolute Gasteiger partial charge is 0.342 e. The molecule has 2 amide bonds. The normalized spacial score (nSPS) is 25.6. The Bertz CT molecular complexity index is 584. The van der Waals surface area contributed by atoms with Gasteiger partial charge in [0.1, 0.15) is 0 Å². The molecule has 0 spiro atoms. The lowest BCUT2D eigenvalue weighted by atomic mass is 9.98. The molecule has 118 valence electrons. The first-order valence-electron chi connectivity index (χ1n) is 8.21. The maximum Gasteiger partial charge on any atom is 0.228 e. The van der Waals surface area contributed by atoms with Gasteiger partial charge in [-0.05, 0) is 37.3 Å². The lowest BCUT2D eigenvalue weighted by Gasteiger charge is -2.32. The molecule has 4 nitrogen and oxygen atoms in total. The average molecular weight is 300 g/mol. The van der Waals surface area contributed by atoms with Gasteiger partial charge < -0.3 is 9.80 Å². The molecule has 22 heavy (non-hydrogen) atoms. The minimum Gasteiger partial charge on any atom is -0.342 e. The van der Waals surface area contributed by atoms with Crippen LogP contribution in [0.15, 0.2) is 24.3 Å². The van der Waals surface area contributed by atoms with Crippen LogP contribution in [-0.4, -0.2) is 36.3 Å². The van der Waals surface area contributed by atoms with Gasteiger partial charge in [-0.25, -0.2) is 0 Å². The fourth-order valence-electron chi connectivity index (χ4n) is 3.62. The number of benzene rings is 1. The van der Waals surface area contributed by atoms with Gasteiger partial charge in [0.25, 0.3) is 0 Å². The summed E-state index contributed by atoms with van der Waals surface area (Å²) in [4.78, 5) is 28.8. The second-order valence-electron chi connectivity index (χ2n) is 6.72. The molecule has 2 aliphatic heterocycles. The third-order valence-electron chi connectivity index (χ3n) is 4.85. The summed E-state index contributed by atoms with van der Waals surface area (Å²) in [6.45, 7) is 6.41. The van der Waals surface area contributed by atoms with E-state index in [1.54, 1.807) is 4.90 Å². The molecule has 0 radical (unpaired) electrons. The van der Waals surface area contributed by atoms with Gasteiger partial charge >= 0.3 is 0 Å². The van der Waals surface area contributed by atoms with Crippen LogP contribution in [0.2, 0.25) is 0 Å². The topological polar surface area (TPSA) is 40.6 Å². The Labute approximate surface area is 132 Å². The number of para-hydroxylation sites is 1. The number of likely N-dealkylation sites (tertiary alicyclic amines) is 1. The Kier molecular flexibility index (Phi) is 4.19. The first-order valence-corrected chi connectivity index (χ1v) is 8.21. The molecule has 0 aromatic heterocycles. The number of rotatable bonds is 2. The van der Waals surface area contributed by atoms with Crippen LogP contribution in [-0.2, 0) is 9.59 Å². The molecule has 4 heteroatoms. The highest BCUT2D eigenvalue weighted by Gasteiger charge is 2.38. The Hall–Kier alpha value is -1.84. The maximum atomic E-state index is 12.7. The van der Waals surface area contributed by atoms with E-state index in [0.29, 0.717) is 18.9 Å². The second-order valence-corrected chi connectivity index (χ2v) is 6.72. The number of carbonyl (C=O) groups excluding carboxylic acids is 2. The molecule has 2 atom stereocenters. The number of carbonyl (C=O) groups is 2. The van der Waals surface area contributed by atoms with Crippen LogP contribution < -0.4 is 4.90 Å². The molecule has 0 aliphatic carbocycles. The van der Waals surface area contributed by atoms with Gasteiger partial charge in [-0.3, -0.25) is 9.59 Å². The Morgan fingerprint density at radius 1 is 1.23 bits per heavy atom. The fourth-order valence-corrected chi connectivity index (χ4v) is 3.62. The fraction of sp³-hybridized carbons (Fsp3) is 0.556. The quantitative estimate of drug-likeness (QED) is 0.842. The van der Waals surface area contributed by atoms with E-state index >= 15 is 0 Å². The number of hydrogen-bond donors (Lipinski definition) is 0. The smallest absolute Gasteiger partial charge is 0.228 e. The van der Waals surface area contributed by atoms with Crippen LogP contribution in [0.4, 0.5) is 5.69 Å².